The molecule has 1 saturated heterocycles. The summed E-state index contributed by atoms with van der Waals surface area (Å²) in [6.45, 7) is 1.08. The second-order valence-electron chi connectivity index (χ2n) is 5.43. The Bertz CT molecular complexity index is 607. The molecule has 0 spiro atoms. The molecule has 0 amide bonds. The molecule has 4 rings (SSSR count). The summed E-state index contributed by atoms with van der Waals surface area (Å²) in [4.78, 5) is 4.60. The van der Waals surface area contributed by atoms with E-state index in [1.807, 2.05) is 11.8 Å². The van der Waals surface area contributed by atoms with Gasteiger partial charge in [-0.05, 0) is 17.5 Å². The molecular weight excluding hydrogens is 270 g/mol. The van der Waals surface area contributed by atoms with Crippen LogP contribution in [0.1, 0.15) is 28.8 Å². The third-order valence-corrected chi connectivity index (χ3v) is 5.20. The number of nitrogens with zero attached hydrogens (tertiary/aromatic N) is 2. The second kappa shape index (κ2) is 5.22. The Morgan fingerprint density at radius 1 is 1.35 bits per heavy atom. The SMILES string of the molecule is c1ccc2c(c1)CC2c1noc(CC2CSCCN2)n1. The van der Waals surface area contributed by atoms with E-state index in [4.69, 9.17) is 4.52 Å². The third kappa shape index (κ3) is 2.25. The average Bonchev–Trinajstić information content (AvgIpc) is 2.89. The number of nitrogens with one attached hydrogen (secondary N) is 1. The van der Waals surface area contributed by atoms with Gasteiger partial charge in [-0.2, -0.15) is 16.7 Å². The molecule has 5 heteroatoms. The summed E-state index contributed by atoms with van der Waals surface area (Å²) in [5, 5.41) is 7.68. The molecule has 1 N–H and O–H groups in total. The van der Waals surface area contributed by atoms with E-state index in [9.17, 15) is 0 Å². The molecule has 1 aromatic heterocycles. The maximum atomic E-state index is 5.43. The van der Waals surface area contributed by atoms with Crippen LogP contribution < -0.4 is 5.32 Å². The van der Waals surface area contributed by atoms with E-state index >= 15 is 0 Å². The van der Waals surface area contributed by atoms with Crippen LogP contribution in [-0.4, -0.2) is 34.2 Å². The highest BCUT2D eigenvalue weighted by Crippen LogP contribution is 2.38. The van der Waals surface area contributed by atoms with Gasteiger partial charge in [0.25, 0.3) is 0 Å². The first-order chi connectivity index (χ1) is 9.90. The topological polar surface area (TPSA) is 51.0 Å². The largest absolute Gasteiger partial charge is 0.339 e. The van der Waals surface area contributed by atoms with Gasteiger partial charge in [0, 0.05) is 30.5 Å². The van der Waals surface area contributed by atoms with Crippen LogP contribution in [0.3, 0.4) is 0 Å². The monoisotopic (exact) mass is 287 g/mol. The number of fused-ring (bicyclic) bond motifs is 1. The van der Waals surface area contributed by atoms with Gasteiger partial charge in [0.15, 0.2) is 5.82 Å². The smallest absolute Gasteiger partial charge is 0.228 e. The summed E-state index contributed by atoms with van der Waals surface area (Å²) in [6.07, 6.45) is 1.88. The highest BCUT2D eigenvalue weighted by atomic mass is 32.2. The number of aromatic nitrogens is 2. The fourth-order valence-corrected chi connectivity index (χ4v) is 3.89. The molecule has 2 heterocycles. The zero-order chi connectivity index (χ0) is 13.4. The van der Waals surface area contributed by atoms with Crippen molar-refractivity contribution in [3.05, 3.63) is 47.1 Å². The fraction of sp³-hybridized carbons (Fsp3) is 0.467. The third-order valence-electron chi connectivity index (χ3n) is 4.07. The summed E-state index contributed by atoms with van der Waals surface area (Å²) in [7, 11) is 0. The molecule has 2 atom stereocenters. The molecule has 0 radical (unpaired) electrons. The molecule has 104 valence electrons. The average molecular weight is 287 g/mol. The summed E-state index contributed by atoms with van der Waals surface area (Å²) in [5.74, 6) is 4.28. The van der Waals surface area contributed by atoms with Crippen LogP contribution in [0.4, 0.5) is 0 Å². The number of benzene rings is 1. The molecule has 2 aliphatic rings. The minimum absolute atomic E-state index is 0.331. The first-order valence-electron chi connectivity index (χ1n) is 7.11. The Morgan fingerprint density at radius 2 is 2.30 bits per heavy atom. The summed E-state index contributed by atoms with van der Waals surface area (Å²) in [5.41, 5.74) is 2.76. The molecule has 1 aromatic carbocycles. The Kier molecular flexibility index (Phi) is 3.24. The van der Waals surface area contributed by atoms with Gasteiger partial charge < -0.3 is 9.84 Å². The Labute approximate surface area is 122 Å². The summed E-state index contributed by atoms with van der Waals surface area (Å²) in [6, 6.07) is 8.98. The fourth-order valence-electron chi connectivity index (χ4n) is 2.94. The maximum Gasteiger partial charge on any atom is 0.228 e. The molecular formula is C15H17N3OS. The minimum Gasteiger partial charge on any atom is -0.339 e. The van der Waals surface area contributed by atoms with E-state index in [-0.39, 0.29) is 0 Å². The van der Waals surface area contributed by atoms with E-state index in [1.54, 1.807) is 0 Å². The van der Waals surface area contributed by atoms with Gasteiger partial charge in [-0.3, -0.25) is 0 Å². The molecule has 1 aliphatic heterocycles. The Hall–Kier alpha value is -1.33. The Morgan fingerprint density at radius 3 is 3.15 bits per heavy atom. The molecule has 20 heavy (non-hydrogen) atoms. The van der Waals surface area contributed by atoms with Crippen LogP contribution in [0.25, 0.3) is 0 Å². The van der Waals surface area contributed by atoms with Gasteiger partial charge in [0.05, 0.1) is 5.92 Å². The Balaban J connectivity index is 1.46. The van der Waals surface area contributed by atoms with Crippen LogP contribution in [0.5, 0.6) is 0 Å². The molecule has 4 nitrogen and oxygen atoms in total. The van der Waals surface area contributed by atoms with Gasteiger partial charge in [-0.15, -0.1) is 0 Å². The van der Waals surface area contributed by atoms with Crippen molar-refractivity contribution >= 4 is 11.8 Å². The zero-order valence-electron chi connectivity index (χ0n) is 11.2. The standard InChI is InChI=1S/C15H17N3OS/c1-2-4-12-10(3-1)7-13(12)15-17-14(19-18-15)8-11-9-20-6-5-16-11/h1-4,11,13,16H,5-9H2. The molecule has 2 unspecified atom stereocenters. The normalized spacial score (nSPS) is 25.0. The van der Waals surface area contributed by atoms with Crippen LogP contribution >= 0.6 is 11.8 Å². The first-order valence-corrected chi connectivity index (χ1v) is 8.27. The van der Waals surface area contributed by atoms with Crippen molar-refractivity contribution in [3.8, 4) is 0 Å². The van der Waals surface area contributed by atoms with Gasteiger partial charge in [-0.1, -0.05) is 29.4 Å². The van der Waals surface area contributed by atoms with E-state index < -0.39 is 0 Å². The number of rotatable bonds is 3. The van der Waals surface area contributed by atoms with Crippen molar-refractivity contribution in [1.29, 1.82) is 0 Å². The van der Waals surface area contributed by atoms with Gasteiger partial charge in [-0.25, -0.2) is 0 Å². The number of hydrogen-bond acceptors (Lipinski definition) is 5. The molecule has 0 bridgehead atoms. The summed E-state index contributed by atoms with van der Waals surface area (Å²) < 4.78 is 5.43. The van der Waals surface area contributed by atoms with Crippen LogP contribution in [0.2, 0.25) is 0 Å². The quantitative estimate of drug-likeness (QED) is 0.936. The lowest BCUT2D eigenvalue weighted by molar-refractivity contribution is 0.356. The van der Waals surface area contributed by atoms with E-state index in [1.165, 1.54) is 16.9 Å². The van der Waals surface area contributed by atoms with Gasteiger partial charge in [0.2, 0.25) is 5.89 Å². The van der Waals surface area contributed by atoms with Gasteiger partial charge in [0.1, 0.15) is 0 Å². The lowest BCUT2D eigenvalue weighted by Crippen LogP contribution is -2.38. The first kappa shape index (κ1) is 12.4. The van der Waals surface area contributed by atoms with Crippen molar-refractivity contribution < 1.29 is 4.52 Å². The van der Waals surface area contributed by atoms with Crippen molar-refractivity contribution in [3.63, 3.8) is 0 Å². The van der Waals surface area contributed by atoms with Crippen LogP contribution in [-0.2, 0) is 12.8 Å². The molecule has 0 saturated carbocycles. The molecule has 2 aromatic rings. The highest BCUT2D eigenvalue weighted by molar-refractivity contribution is 7.99. The van der Waals surface area contributed by atoms with Crippen molar-refractivity contribution in [2.45, 2.75) is 24.8 Å². The van der Waals surface area contributed by atoms with Crippen molar-refractivity contribution in [1.82, 2.24) is 15.5 Å². The van der Waals surface area contributed by atoms with Gasteiger partial charge >= 0.3 is 0 Å². The van der Waals surface area contributed by atoms with Crippen LogP contribution in [0, 0.1) is 0 Å². The lowest BCUT2D eigenvalue weighted by Gasteiger charge is -2.27. The zero-order valence-corrected chi connectivity index (χ0v) is 12.0. The molecule has 1 fully saturated rings. The van der Waals surface area contributed by atoms with E-state index in [0.717, 1.165) is 36.9 Å². The van der Waals surface area contributed by atoms with Crippen molar-refractivity contribution in [2.24, 2.45) is 0 Å². The lowest BCUT2D eigenvalue weighted by atomic mass is 9.77. The number of hydrogen-bond donors (Lipinski definition) is 1. The predicted molar refractivity (Wildman–Crippen MR) is 79.1 cm³/mol. The maximum absolute atomic E-state index is 5.43. The van der Waals surface area contributed by atoms with Crippen molar-refractivity contribution in [2.75, 3.05) is 18.1 Å². The van der Waals surface area contributed by atoms with E-state index in [0.29, 0.717) is 12.0 Å². The second-order valence-corrected chi connectivity index (χ2v) is 6.58. The number of thioether (sulfide) groups is 1. The predicted octanol–water partition coefficient (Wildman–Crippen LogP) is 2.01. The molecule has 1 aliphatic carbocycles. The highest BCUT2D eigenvalue weighted by Gasteiger charge is 2.31. The minimum atomic E-state index is 0.331. The van der Waals surface area contributed by atoms with Crippen LogP contribution in [0.15, 0.2) is 28.8 Å². The summed E-state index contributed by atoms with van der Waals surface area (Å²) >= 11 is 1.99. The van der Waals surface area contributed by atoms with E-state index in [2.05, 4.69) is 39.7 Å².